The fourth-order valence-corrected chi connectivity index (χ4v) is 4.07. The van der Waals surface area contributed by atoms with Crippen molar-refractivity contribution in [3.05, 3.63) is 103 Å². The number of barbiturate groups is 1. The summed E-state index contributed by atoms with van der Waals surface area (Å²) in [6.45, 7) is 0. The summed E-state index contributed by atoms with van der Waals surface area (Å²) in [5.41, 5.74) is 1.98. The second kappa shape index (κ2) is 9.47. The summed E-state index contributed by atoms with van der Waals surface area (Å²) in [6, 6.07) is 14.9. The first-order valence-corrected chi connectivity index (χ1v) is 11.2. The maximum atomic E-state index is 13.6. The van der Waals surface area contributed by atoms with E-state index in [-0.39, 0.29) is 27.1 Å². The van der Waals surface area contributed by atoms with Crippen molar-refractivity contribution >= 4 is 68.7 Å². The second-order valence-electron chi connectivity index (χ2n) is 7.21. The lowest BCUT2D eigenvalue weighted by Crippen LogP contribution is -2.54. The Labute approximate surface area is 206 Å². The Bertz CT molecular complexity index is 1340. The van der Waals surface area contributed by atoms with Gasteiger partial charge in [-0.15, -0.1) is 0 Å². The molecule has 0 aliphatic carbocycles. The number of imide groups is 2. The van der Waals surface area contributed by atoms with Crippen LogP contribution in [0.2, 0.25) is 10.0 Å². The molecule has 0 radical (unpaired) electrons. The number of urea groups is 1. The zero-order chi connectivity index (χ0) is 23.7. The van der Waals surface area contributed by atoms with Gasteiger partial charge in [-0.05, 0) is 71.7 Å². The molecule has 3 aromatic carbocycles. The van der Waals surface area contributed by atoms with Gasteiger partial charge in [0.2, 0.25) is 0 Å². The molecule has 0 aromatic heterocycles. The van der Waals surface area contributed by atoms with E-state index in [1.165, 1.54) is 36.4 Å². The van der Waals surface area contributed by atoms with Gasteiger partial charge >= 0.3 is 6.03 Å². The van der Waals surface area contributed by atoms with Crippen LogP contribution in [0.15, 0.2) is 70.7 Å². The zero-order valence-corrected chi connectivity index (χ0v) is 19.8. The molecule has 0 spiro atoms. The highest BCUT2D eigenvalue weighted by Crippen LogP contribution is 2.30. The molecule has 1 fully saturated rings. The summed E-state index contributed by atoms with van der Waals surface area (Å²) in [4.78, 5) is 39.0. The van der Waals surface area contributed by atoms with Gasteiger partial charge in [0.25, 0.3) is 11.8 Å². The van der Waals surface area contributed by atoms with Crippen LogP contribution >= 0.6 is 39.1 Å². The van der Waals surface area contributed by atoms with Crippen molar-refractivity contribution < 1.29 is 18.8 Å². The van der Waals surface area contributed by atoms with Gasteiger partial charge in [0.15, 0.2) is 0 Å². The van der Waals surface area contributed by atoms with Crippen molar-refractivity contribution in [2.24, 2.45) is 0 Å². The highest BCUT2D eigenvalue weighted by molar-refractivity contribution is 9.10. The molecule has 4 amide bonds. The van der Waals surface area contributed by atoms with E-state index in [0.29, 0.717) is 12.0 Å². The molecule has 5 nitrogen and oxygen atoms in total. The van der Waals surface area contributed by atoms with E-state index in [4.69, 9.17) is 23.2 Å². The monoisotopic (exact) mass is 546 g/mol. The predicted molar refractivity (Wildman–Crippen MR) is 129 cm³/mol. The molecule has 0 saturated carbocycles. The van der Waals surface area contributed by atoms with Gasteiger partial charge in [-0.25, -0.2) is 14.1 Å². The van der Waals surface area contributed by atoms with Gasteiger partial charge in [0, 0.05) is 4.47 Å². The van der Waals surface area contributed by atoms with Gasteiger partial charge in [0.05, 0.1) is 15.7 Å². The number of rotatable bonds is 4. The summed E-state index contributed by atoms with van der Waals surface area (Å²) in [5, 5.41) is 2.59. The van der Waals surface area contributed by atoms with Gasteiger partial charge in [-0.2, -0.15) is 0 Å². The van der Waals surface area contributed by atoms with Crippen LogP contribution in [0.3, 0.4) is 0 Å². The van der Waals surface area contributed by atoms with Gasteiger partial charge in [-0.1, -0.05) is 57.3 Å². The van der Waals surface area contributed by atoms with Crippen LogP contribution in [0, 0.1) is 5.82 Å². The van der Waals surface area contributed by atoms with Crippen LogP contribution in [0.4, 0.5) is 14.9 Å². The highest BCUT2D eigenvalue weighted by atomic mass is 79.9. The standard InChI is InChI=1S/C24H14BrCl2FN2O3/c25-16-5-4-14(8-13-2-1-3-17(28)9-13)15(10-16)11-19-22(31)29-24(33)30(23(19)32)18-6-7-20(26)21(27)12-18/h1-7,9-12H,8H2,(H,29,31,33)/b19-11+. The molecule has 0 unspecified atom stereocenters. The van der Waals surface area contributed by atoms with E-state index in [0.717, 1.165) is 20.5 Å². The van der Waals surface area contributed by atoms with Gasteiger partial charge < -0.3 is 0 Å². The zero-order valence-electron chi connectivity index (χ0n) is 16.7. The number of anilines is 1. The summed E-state index contributed by atoms with van der Waals surface area (Å²) >= 11 is 15.4. The Hall–Kier alpha value is -3.00. The predicted octanol–water partition coefficient (Wildman–Crippen LogP) is 6.15. The molecule has 0 bridgehead atoms. The largest absolute Gasteiger partial charge is 0.335 e. The summed E-state index contributed by atoms with van der Waals surface area (Å²) < 4.78 is 14.4. The number of nitrogens with zero attached hydrogens (tertiary/aromatic N) is 1. The maximum Gasteiger partial charge on any atom is 0.335 e. The van der Waals surface area contributed by atoms with Crippen LogP contribution in [-0.2, 0) is 16.0 Å². The minimum atomic E-state index is -0.894. The molecular formula is C24H14BrCl2FN2O3. The van der Waals surface area contributed by atoms with Gasteiger partial charge in [-0.3, -0.25) is 14.9 Å². The van der Waals surface area contributed by atoms with Crippen LogP contribution in [0.25, 0.3) is 6.08 Å². The highest BCUT2D eigenvalue weighted by Gasteiger charge is 2.37. The average Bonchev–Trinajstić information content (AvgIpc) is 2.75. The fraction of sp³-hybridized carbons (Fsp3) is 0.0417. The molecule has 33 heavy (non-hydrogen) atoms. The third kappa shape index (κ3) is 5.00. The van der Waals surface area contributed by atoms with Crippen molar-refractivity contribution in [3.8, 4) is 0 Å². The van der Waals surface area contributed by atoms with Crippen molar-refractivity contribution in [2.75, 3.05) is 4.90 Å². The molecule has 3 aromatic rings. The molecule has 1 heterocycles. The van der Waals surface area contributed by atoms with Crippen molar-refractivity contribution in [1.29, 1.82) is 0 Å². The first-order valence-electron chi connectivity index (χ1n) is 9.62. The smallest absolute Gasteiger partial charge is 0.273 e. The fourth-order valence-electron chi connectivity index (χ4n) is 3.40. The normalized spacial score (nSPS) is 15.2. The van der Waals surface area contributed by atoms with E-state index in [2.05, 4.69) is 21.2 Å². The van der Waals surface area contributed by atoms with Crippen molar-refractivity contribution in [1.82, 2.24) is 5.32 Å². The Balaban J connectivity index is 1.75. The minimum absolute atomic E-state index is 0.154. The molecule has 166 valence electrons. The Morgan fingerprint density at radius 2 is 1.76 bits per heavy atom. The molecule has 1 aliphatic rings. The number of halogens is 4. The maximum absolute atomic E-state index is 13.6. The van der Waals surface area contributed by atoms with Crippen molar-refractivity contribution in [3.63, 3.8) is 0 Å². The van der Waals surface area contributed by atoms with E-state index in [1.54, 1.807) is 18.2 Å². The first-order chi connectivity index (χ1) is 15.7. The molecule has 9 heteroatoms. The summed E-state index contributed by atoms with van der Waals surface area (Å²) in [6.07, 6.45) is 1.78. The lowest BCUT2D eigenvalue weighted by molar-refractivity contribution is -0.122. The minimum Gasteiger partial charge on any atom is -0.273 e. The number of nitrogens with one attached hydrogen (secondary N) is 1. The third-order valence-corrected chi connectivity index (χ3v) is 6.19. The van der Waals surface area contributed by atoms with Crippen molar-refractivity contribution in [2.45, 2.75) is 6.42 Å². The summed E-state index contributed by atoms with van der Waals surface area (Å²) in [5.74, 6) is -1.99. The Morgan fingerprint density at radius 3 is 2.48 bits per heavy atom. The number of amides is 4. The summed E-state index contributed by atoms with van der Waals surface area (Å²) in [7, 11) is 0. The Kier molecular flexibility index (Phi) is 6.65. The Morgan fingerprint density at radius 1 is 0.970 bits per heavy atom. The topological polar surface area (TPSA) is 66.5 Å². The number of benzene rings is 3. The second-order valence-corrected chi connectivity index (χ2v) is 8.94. The molecule has 1 aliphatic heterocycles. The quantitative estimate of drug-likeness (QED) is 0.314. The van der Waals surface area contributed by atoms with E-state index < -0.39 is 17.8 Å². The number of hydrogen-bond acceptors (Lipinski definition) is 3. The molecule has 1 N–H and O–H groups in total. The molecule has 4 rings (SSSR count). The van der Waals surface area contributed by atoms with Gasteiger partial charge in [0.1, 0.15) is 11.4 Å². The number of carbonyl (C=O) groups is 3. The lowest BCUT2D eigenvalue weighted by Gasteiger charge is -2.26. The number of hydrogen-bond donors (Lipinski definition) is 1. The van der Waals surface area contributed by atoms with Crippen LogP contribution in [0.1, 0.15) is 16.7 Å². The van der Waals surface area contributed by atoms with Crippen LogP contribution < -0.4 is 10.2 Å². The first kappa shape index (κ1) is 23.2. The van der Waals surface area contributed by atoms with Crippen LogP contribution in [0.5, 0.6) is 0 Å². The SMILES string of the molecule is O=C1NC(=O)N(c2ccc(Cl)c(Cl)c2)C(=O)/C1=C/c1cc(Br)ccc1Cc1cccc(F)c1. The van der Waals surface area contributed by atoms with Crippen LogP contribution in [-0.4, -0.2) is 17.8 Å². The van der Waals surface area contributed by atoms with E-state index in [9.17, 15) is 18.8 Å². The third-order valence-electron chi connectivity index (χ3n) is 4.95. The molecule has 0 atom stereocenters. The number of carbonyl (C=O) groups excluding carboxylic acids is 3. The molecular weight excluding hydrogens is 534 g/mol. The van der Waals surface area contributed by atoms with E-state index >= 15 is 0 Å². The lowest BCUT2D eigenvalue weighted by atomic mass is 9.97. The molecule has 1 saturated heterocycles. The average molecular weight is 548 g/mol. The van der Waals surface area contributed by atoms with E-state index in [1.807, 2.05) is 12.1 Å².